The fourth-order valence-electron chi connectivity index (χ4n) is 15.2. The highest BCUT2D eigenvalue weighted by Crippen LogP contribution is 2.81. The molecule has 9 rings (SSSR count). The Bertz CT molecular complexity index is 1520. The summed E-state index contributed by atoms with van der Waals surface area (Å²) in [7, 11) is 0. The molecule has 5 heterocycles. The van der Waals surface area contributed by atoms with Crippen molar-refractivity contribution in [3.05, 3.63) is 0 Å². The minimum atomic E-state index is -1.63. The number of hydrogen-bond donors (Lipinski definition) is 7. The molecule has 0 aromatic rings. The summed E-state index contributed by atoms with van der Waals surface area (Å²) >= 11 is 0. The molecular weight excluding hydrogens is 728 g/mol. The second kappa shape index (κ2) is 13.0. The van der Waals surface area contributed by atoms with Gasteiger partial charge in [0, 0.05) is 24.2 Å². The van der Waals surface area contributed by atoms with Crippen LogP contribution in [0.1, 0.15) is 107 Å². The summed E-state index contributed by atoms with van der Waals surface area (Å²) in [4.78, 5) is 0. The number of aliphatic hydroxyl groups excluding tert-OH is 6. The molecule has 0 radical (unpaired) electrons. The van der Waals surface area contributed by atoms with E-state index in [-0.39, 0.29) is 51.8 Å². The van der Waals surface area contributed by atoms with Crippen LogP contribution < -0.4 is 0 Å². The zero-order chi connectivity index (χ0) is 40.3. The van der Waals surface area contributed by atoms with E-state index in [1.54, 1.807) is 0 Å². The molecule has 0 aromatic carbocycles. The van der Waals surface area contributed by atoms with Crippen molar-refractivity contribution in [2.24, 2.45) is 45.3 Å². The average Bonchev–Trinajstić information content (AvgIpc) is 3.82. The van der Waals surface area contributed by atoms with Crippen molar-refractivity contribution in [2.75, 3.05) is 13.2 Å². The maximum absolute atomic E-state index is 11.3. The number of fused-ring (bicyclic) bond motifs is 6. The molecule has 5 saturated heterocycles. The maximum Gasteiger partial charge on any atom is 0.187 e. The highest BCUT2D eigenvalue weighted by Gasteiger charge is 2.84. The van der Waals surface area contributed by atoms with Crippen molar-refractivity contribution in [3.8, 4) is 0 Å². The molecular formula is C42H68O14. The van der Waals surface area contributed by atoms with Crippen molar-refractivity contribution in [1.82, 2.24) is 0 Å². The number of hydrogen-bond acceptors (Lipinski definition) is 14. The van der Waals surface area contributed by atoms with Gasteiger partial charge in [0.1, 0.15) is 48.3 Å². The van der Waals surface area contributed by atoms with Gasteiger partial charge < -0.3 is 68.9 Å². The lowest BCUT2D eigenvalue weighted by atomic mass is 9.35. The second-order valence-corrected chi connectivity index (χ2v) is 21.4. The lowest BCUT2D eigenvalue weighted by Gasteiger charge is -2.70. The summed E-state index contributed by atoms with van der Waals surface area (Å²) in [5.41, 5.74) is -1.86. The maximum atomic E-state index is 11.3. The van der Waals surface area contributed by atoms with Crippen molar-refractivity contribution >= 4 is 0 Å². The Labute approximate surface area is 330 Å². The molecule has 320 valence electrons. The van der Waals surface area contributed by atoms with Gasteiger partial charge in [-0.15, -0.1) is 0 Å². The van der Waals surface area contributed by atoms with Gasteiger partial charge in [-0.3, -0.25) is 0 Å². The van der Waals surface area contributed by atoms with Crippen LogP contribution in [-0.4, -0.2) is 146 Å². The van der Waals surface area contributed by atoms with Gasteiger partial charge in [-0.05, 0) is 100 Å². The second-order valence-electron chi connectivity index (χ2n) is 21.4. The Morgan fingerprint density at radius 3 is 2.20 bits per heavy atom. The molecule has 14 nitrogen and oxygen atoms in total. The van der Waals surface area contributed by atoms with Crippen LogP contribution in [0.25, 0.3) is 0 Å². The van der Waals surface area contributed by atoms with Gasteiger partial charge in [-0.25, -0.2) is 0 Å². The molecule has 56 heavy (non-hydrogen) atoms. The first kappa shape index (κ1) is 40.8. The zero-order valence-corrected chi connectivity index (χ0v) is 34.4. The minimum Gasteiger partial charge on any atom is -0.394 e. The van der Waals surface area contributed by atoms with E-state index in [1.807, 2.05) is 13.8 Å². The van der Waals surface area contributed by atoms with E-state index < -0.39 is 85.0 Å². The van der Waals surface area contributed by atoms with Crippen LogP contribution in [0.15, 0.2) is 0 Å². The van der Waals surface area contributed by atoms with E-state index in [0.717, 1.165) is 38.5 Å². The first-order valence-corrected chi connectivity index (χ1v) is 21.4. The Morgan fingerprint density at radius 1 is 0.768 bits per heavy atom. The Balaban J connectivity index is 0.957. The summed E-state index contributed by atoms with van der Waals surface area (Å²) < 4.78 is 45.4. The van der Waals surface area contributed by atoms with Crippen LogP contribution in [0.5, 0.6) is 0 Å². The highest BCUT2D eigenvalue weighted by molar-refractivity contribution is 5.29. The highest BCUT2D eigenvalue weighted by atomic mass is 16.8. The molecule has 9 fully saturated rings. The standard InChI is InChI=1S/C42H68O14/c1-19-27(44)29(46)31(48)34(51-19)54-32-30(47)28(45)21(16-43)52-35(32)53-24-12-13-38(6)22(36(24,2)3)11-14-39(7)23(38)10-9-20-33-40(8)26(15-25(55-40)37(4,5)49)56-42(33)17-41(20,39)18-50-42/h19-35,43-49H,9-18H2,1-8H3/t19-,20-,21+,22+,23+,24+,25+,26+,27-,28-,29+,30-,31+,32+,33+,34+,35+,38+,39+,40-,41-,42-/m0/s1. The van der Waals surface area contributed by atoms with E-state index in [0.29, 0.717) is 31.3 Å². The molecule has 4 saturated carbocycles. The predicted octanol–water partition coefficient (Wildman–Crippen LogP) is 1.74. The first-order valence-electron chi connectivity index (χ1n) is 21.4. The van der Waals surface area contributed by atoms with E-state index >= 15 is 0 Å². The van der Waals surface area contributed by atoms with Crippen LogP contribution >= 0.6 is 0 Å². The summed E-state index contributed by atoms with van der Waals surface area (Å²) in [5, 5.41) is 74.7. The third-order valence-electron chi connectivity index (χ3n) is 18.0. The summed E-state index contributed by atoms with van der Waals surface area (Å²) in [6, 6.07) is 0. The fourth-order valence-corrected chi connectivity index (χ4v) is 15.2. The summed E-state index contributed by atoms with van der Waals surface area (Å²) in [5.74, 6) is 0.596. The number of rotatable bonds is 6. The molecule has 5 aliphatic heterocycles. The van der Waals surface area contributed by atoms with Gasteiger partial charge in [0.05, 0.1) is 43.2 Å². The monoisotopic (exact) mass is 796 g/mol. The minimum absolute atomic E-state index is 0.00742. The van der Waals surface area contributed by atoms with Gasteiger partial charge >= 0.3 is 0 Å². The number of ether oxygens (including phenoxy) is 7. The van der Waals surface area contributed by atoms with Crippen LogP contribution in [0.3, 0.4) is 0 Å². The van der Waals surface area contributed by atoms with Gasteiger partial charge in [0.15, 0.2) is 18.4 Å². The molecule has 0 aromatic heterocycles. The lowest BCUT2D eigenvalue weighted by molar-refractivity contribution is -0.376. The topological polar surface area (TPSA) is 206 Å². The van der Waals surface area contributed by atoms with Gasteiger partial charge in [-0.2, -0.15) is 0 Å². The average molecular weight is 797 g/mol. The predicted molar refractivity (Wildman–Crippen MR) is 196 cm³/mol. The quantitative estimate of drug-likeness (QED) is 0.192. The van der Waals surface area contributed by atoms with E-state index in [1.165, 1.54) is 6.92 Å². The Morgan fingerprint density at radius 2 is 1.50 bits per heavy atom. The summed E-state index contributed by atoms with van der Waals surface area (Å²) in [6.07, 6.45) is -6.98. The van der Waals surface area contributed by atoms with Crippen LogP contribution in [-0.2, 0) is 33.2 Å². The Hall–Kier alpha value is -0.560. The van der Waals surface area contributed by atoms with Gasteiger partial charge in [0.25, 0.3) is 0 Å². The molecule has 22 atom stereocenters. The molecule has 2 bridgehead atoms. The van der Waals surface area contributed by atoms with E-state index in [9.17, 15) is 35.7 Å². The zero-order valence-electron chi connectivity index (χ0n) is 34.4. The van der Waals surface area contributed by atoms with Crippen molar-refractivity contribution < 1.29 is 68.9 Å². The molecule has 2 spiro atoms. The van der Waals surface area contributed by atoms with E-state index in [4.69, 9.17) is 33.2 Å². The van der Waals surface area contributed by atoms with Gasteiger partial charge in [0.2, 0.25) is 0 Å². The van der Waals surface area contributed by atoms with Crippen molar-refractivity contribution in [1.29, 1.82) is 0 Å². The van der Waals surface area contributed by atoms with Gasteiger partial charge in [-0.1, -0.05) is 27.7 Å². The summed E-state index contributed by atoms with van der Waals surface area (Å²) in [6.45, 7) is 17.1. The number of aliphatic hydroxyl groups is 7. The van der Waals surface area contributed by atoms with Crippen LogP contribution in [0, 0.1) is 45.3 Å². The van der Waals surface area contributed by atoms with Crippen molar-refractivity contribution in [3.63, 3.8) is 0 Å². The van der Waals surface area contributed by atoms with E-state index in [2.05, 4.69) is 34.6 Å². The SMILES string of the molecule is C[C@@H]1O[C@H](O[C@H]2[C@@H](O[C@@H]3CC[C@]4(C)[C@H](CC[C@]5(C)[C@@H]4CC[C@H]4[C@H]6[C@]7(C[C@]45CO7)O[C@@H]4C[C@H](C(C)(C)O)O[C@@]46C)C3(C)C)O[C@H](CO)[C@H](O)[C@@H]2O)[C@H](O)[C@H](O)[C@H]1O. The molecule has 7 N–H and O–H groups in total. The Kier molecular flexibility index (Phi) is 9.46. The normalized spacial score (nSPS) is 59.9. The fraction of sp³-hybridized carbons (Fsp3) is 1.00. The molecule has 4 aliphatic carbocycles. The lowest BCUT2D eigenvalue weighted by Crippen LogP contribution is -2.67. The van der Waals surface area contributed by atoms with Crippen LogP contribution in [0.4, 0.5) is 0 Å². The molecule has 0 amide bonds. The molecule has 9 aliphatic rings. The molecule has 0 unspecified atom stereocenters. The van der Waals surface area contributed by atoms with Crippen LogP contribution in [0.2, 0.25) is 0 Å². The smallest absolute Gasteiger partial charge is 0.187 e. The third-order valence-corrected chi connectivity index (χ3v) is 18.0. The molecule has 14 heteroatoms. The largest absolute Gasteiger partial charge is 0.394 e. The third kappa shape index (κ3) is 5.30. The van der Waals surface area contributed by atoms with Crippen molar-refractivity contribution in [2.45, 2.75) is 203 Å². The first-order chi connectivity index (χ1) is 26.1.